The van der Waals surface area contributed by atoms with Gasteiger partial charge in [0.25, 0.3) is 0 Å². The molecule has 1 N–H and O–H groups in total. The second-order valence-electron chi connectivity index (χ2n) is 5.46. The van der Waals surface area contributed by atoms with E-state index in [-0.39, 0.29) is 0 Å². The Hall–Kier alpha value is -1.13. The van der Waals surface area contributed by atoms with E-state index in [9.17, 15) is 0 Å². The number of aromatic nitrogens is 1. The van der Waals surface area contributed by atoms with Gasteiger partial charge in [-0.25, -0.2) is 4.98 Å². The highest BCUT2D eigenvalue weighted by Crippen LogP contribution is 2.20. The summed E-state index contributed by atoms with van der Waals surface area (Å²) < 4.78 is 11.3. The minimum atomic E-state index is 0.543. The van der Waals surface area contributed by atoms with Gasteiger partial charge in [0.05, 0.1) is 6.61 Å². The van der Waals surface area contributed by atoms with Crippen LogP contribution < -0.4 is 10.1 Å². The van der Waals surface area contributed by atoms with E-state index in [1.165, 1.54) is 5.56 Å². The molecular formula is C16H28N2O2. The Kier molecular flexibility index (Phi) is 7.55. The van der Waals surface area contributed by atoms with Crippen LogP contribution in [-0.4, -0.2) is 31.3 Å². The fourth-order valence-electron chi connectivity index (χ4n) is 1.93. The van der Waals surface area contributed by atoms with Crippen molar-refractivity contribution in [2.24, 2.45) is 5.92 Å². The summed E-state index contributed by atoms with van der Waals surface area (Å²) in [5.41, 5.74) is 3.35. The molecule has 0 saturated carbocycles. The molecule has 20 heavy (non-hydrogen) atoms. The van der Waals surface area contributed by atoms with E-state index in [2.05, 4.69) is 44.1 Å². The van der Waals surface area contributed by atoms with Crippen molar-refractivity contribution in [1.82, 2.24) is 10.3 Å². The molecule has 0 amide bonds. The average Bonchev–Trinajstić information content (AvgIpc) is 2.36. The molecule has 0 fully saturated rings. The van der Waals surface area contributed by atoms with Crippen LogP contribution in [0.25, 0.3) is 0 Å². The molecule has 4 nitrogen and oxygen atoms in total. The summed E-state index contributed by atoms with van der Waals surface area (Å²) in [4.78, 5) is 4.50. The van der Waals surface area contributed by atoms with Gasteiger partial charge >= 0.3 is 0 Å². The smallest absolute Gasteiger partial charge is 0.218 e. The summed E-state index contributed by atoms with van der Waals surface area (Å²) in [5.74, 6) is 1.29. The number of hydrogen-bond acceptors (Lipinski definition) is 4. The lowest BCUT2D eigenvalue weighted by Gasteiger charge is -2.14. The molecule has 0 spiro atoms. The number of hydrogen-bond donors (Lipinski definition) is 1. The second-order valence-corrected chi connectivity index (χ2v) is 5.46. The zero-order chi connectivity index (χ0) is 15.0. The third-order valence-corrected chi connectivity index (χ3v) is 2.91. The Morgan fingerprint density at radius 1 is 1.25 bits per heavy atom. The molecule has 0 atom stereocenters. The molecule has 0 saturated heterocycles. The number of nitrogens with zero attached hydrogens (tertiary/aromatic N) is 1. The highest BCUT2D eigenvalue weighted by atomic mass is 16.5. The van der Waals surface area contributed by atoms with Gasteiger partial charge in [-0.1, -0.05) is 20.8 Å². The van der Waals surface area contributed by atoms with Crippen LogP contribution in [0.4, 0.5) is 0 Å². The highest BCUT2D eigenvalue weighted by Gasteiger charge is 2.09. The number of nitrogens with one attached hydrogen (secondary N) is 1. The Morgan fingerprint density at radius 2 is 2.00 bits per heavy atom. The first-order valence-electron chi connectivity index (χ1n) is 7.43. The zero-order valence-corrected chi connectivity index (χ0v) is 13.5. The molecule has 114 valence electrons. The number of ether oxygens (including phenoxy) is 2. The maximum Gasteiger partial charge on any atom is 0.218 e. The van der Waals surface area contributed by atoms with Gasteiger partial charge in [0.2, 0.25) is 5.88 Å². The van der Waals surface area contributed by atoms with Crippen LogP contribution in [0.3, 0.4) is 0 Å². The standard InChI is InChI=1S/C16H28N2O2/c1-6-17-10-15-13(4)9-14(5)18-16(15)20-8-7-19-11-12(2)3/h9,12,17H,6-8,10-11H2,1-5H3. The van der Waals surface area contributed by atoms with E-state index in [0.29, 0.717) is 19.1 Å². The average molecular weight is 280 g/mol. The normalized spacial score (nSPS) is 11.1. The van der Waals surface area contributed by atoms with Gasteiger partial charge in [0, 0.05) is 24.4 Å². The summed E-state index contributed by atoms with van der Waals surface area (Å²) >= 11 is 0. The van der Waals surface area contributed by atoms with Crippen molar-refractivity contribution in [2.45, 2.75) is 41.2 Å². The molecule has 1 aromatic rings. The van der Waals surface area contributed by atoms with Crippen molar-refractivity contribution in [3.63, 3.8) is 0 Å². The first kappa shape index (κ1) is 16.9. The Balaban J connectivity index is 2.58. The number of aryl methyl sites for hydroxylation is 2. The molecule has 4 heteroatoms. The van der Waals surface area contributed by atoms with Crippen molar-refractivity contribution >= 4 is 0 Å². The van der Waals surface area contributed by atoms with Crippen molar-refractivity contribution in [2.75, 3.05) is 26.4 Å². The quantitative estimate of drug-likeness (QED) is 0.706. The van der Waals surface area contributed by atoms with Gasteiger partial charge in [-0.3, -0.25) is 0 Å². The lowest BCUT2D eigenvalue weighted by Crippen LogP contribution is -2.17. The third-order valence-electron chi connectivity index (χ3n) is 2.91. The van der Waals surface area contributed by atoms with Gasteiger partial charge in [-0.2, -0.15) is 0 Å². The maximum absolute atomic E-state index is 5.80. The zero-order valence-electron chi connectivity index (χ0n) is 13.5. The topological polar surface area (TPSA) is 43.4 Å². The van der Waals surface area contributed by atoms with Crippen molar-refractivity contribution in [1.29, 1.82) is 0 Å². The lowest BCUT2D eigenvalue weighted by molar-refractivity contribution is 0.0802. The molecule has 0 radical (unpaired) electrons. The van der Waals surface area contributed by atoms with E-state index < -0.39 is 0 Å². The minimum absolute atomic E-state index is 0.543. The van der Waals surface area contributed by atoms with Gasteiger partial charge < -0.3 is 14.8 Å². The Morgan fingerprint density at radius 3 is 2.65 bits per heavy atom. The monoisotopic (exact) mass is 280 g/mol. The number of rotatable bonds is 9. The van der Waals surface area contributed by atoms with E-state index in [0.717, 1.165) is 36.8 Å². The van der Waals surface area contributed by atoms with E-state index in [1.54, 1.807) is 0 Å². The Labute approximate surface area is 122 Å². The van der Waals surface area contributed by atoms with Gasteiger partial charge in [-0.15, -0.1) is 0 Å². The van der Waals surface area contributed by atoms with Crippen LogP contribution in [0.2, 0.25) is 0 Å². The maximum atomic E-state index is 5.80. The van der Waals surface area contributed by atoms with Gasteiger partial charge in [0.1, 0.15) is 6.61 Å². The predicted molar refractivity (Wildman–Crippen MR) is 82.2 cm³/mol. The number of pyridine rings is 1. The highest BCUT2D eigenvalue weighted by molar-refractivity contribution is 5.35. The molecule has 1 rings (SSSR count). The van der Waals surface area contributed by atoms with Crippen LogP contribution in [0.5, 0.6) is 5.88 Å². The van der Waals surface area contributed by atoms with Crippen molar-refractivity contribution in [3.05, 3.63) is 22.9 Å². The molecule has 0 aliphatic rings. The minimum Gasteiger partial charge on any atom is -0.475 e. The summed E-state index contributed by atoms with van der Waals surface area (Å²) in [7, 11) is 0. The fourth-order valence-corrected chi connectivity index (χ4v) is 1.93. The Bertz CT molecular complexity index is 406. The van der Waals surface area contributed by atoms with Crippen molar-refractivity contribution < 1.29 is 9.47 Å². The van der Waals surface area contributed by atoms with E-state index >= 15 is 0 Å². The molecule has 0 aliphatic carbocycles. The first-order valence-corrected chi connectivity index (χ1v) is 7.43. The van der Waals surface area contributed by atoms with Gasteiger partial charge in [-0.05, 0) is 37.9 Å². The summed E-state index contributed by atoms with van der Waals surface area (Å²) in [6, 6.07) is 2.09. The molecule has 1 heterocycles. The van der Waals surface area contributed by atoms with E-state index in [1.807, 2.05) is 6.92 Å². The predicted octanol–water partition coefficient (Wildman–Crippen LogP) is 2.86. The molecule has 0 unspecified atom stereocenters. The lowest BCUT2D eigenvalue weighted by atomic mass is 10.1. The van der Waals surface area contributed by atoms with Crippen molar-refractivity contribution in [3.8, 4) is 5.88 Å². The molecular weight excluding hydrogens is 252 g/mol. The van der Waals surface area contributed by atoms with Crippen LogP contribution in [0.15, 0.2) is 6.07 Å². The van der Waals surface area contributed by atoms with E-state index in [4.69, 9.17) is 9.47 Å². The molecule has 1 aromatic heterocycles. The molecule has 0 aliphatic heterocycles. The third kappa shape index (κ3) is 5.88. The van der Waals surface area contributed by atoms with Gasteiger partial charge in [0.15, 0.2) is 0 Å². The summed E-state index contributed by atoms with van der Waals surface area (Å²) in [6.07, 6.45) is 0. The summed E-state index contributed by atoms with van der Waals surface area (Å²) in [6.45, 7) is 14.1. The van der Waals surface area contributed by atoms with Crippen LogP contribution in [-0.2, 0) is 11.3 Å². The van der Waals surface area contributed by atoms with Crippen LogP contribution >= 0.6 is 0 Å². The SMILES string of the molecule is CCNCc1c(C)cc(C)nc1OCCOCC(C)C. The van der Waals surface area contributed by atoms with Crippen LogP contribution in [0, 0.1) is 19.8 Å². The fraction of sp³-hybridized carbons (Fsp3) is 0.688. The molecule has 0 bridgehead atoms. The summed E-state index contributed by atoms with van der Waals surface area (Å²) in [5, 5.41) is 3.33. The largest absolute Gasteiger partial charge is 0.475 e. The van der Waals surface area contributed by atoms with Crippen LogP contribution in [0.1, 0.15) is 37.6 Å². The second kappa shape index (κ2) is 8.93. The first-order chi connectivity index (χ1) is 9.54. The molecule has 0 aromatic carbocycles.